The van der Waals surface area contributed by atoms with Crippen molar-refractivity contribution >= 4 is 44.2 Å². The number of methoxy groups -OCH3 is 1. The molecule has 9 nitrogen and oxygen atoms in total. The number of halogens is 1. The van der Waals surface area contributed by atoms with Crippen molar-refractivity contribution in [2.45, 2.75) is 32.2 Å². The van der Waals surface area contributed by atoms with Gasteiger partial charge in [0.05, 0.1) is 18.2 Å². The number of aromatic nitrogens is 3. The molecular formula is C23H28ClN5O4S. The lowest BCUT2D eigenvalue weighted by molar-refractivity contribution is -0.125. The zero-order valence-electron chi connectivity index (χ0n) is 19.2. The predicted molar refractivity (Wildman–Crippen MR) is 132 cm³/mol. The van der Waals surface area contributed by atoms with E-state index in [1.54, 1.807) is 13.2 Å². The fraction of sp³-hybridized carbons (Fsp3) is 0.435. The highest BCUT2D eigenvalue weighted by Gasteiger charge is 2.29. The summed E-state index contributed by atoms with van der Waals surface area (Å²) in [4.78, 5) is 25.0. The Kier molecular flexibility index (Phi) is 7.27. The number of carbonyl (C=O) groups excluding carboxylic acids is 1. The van der Waals surface area contributed by atoms with Gasteiger partial charge >= 0.3 is 0 Å². The maximum absolute atomic E-state index is 12.7. The zero-order chi connectivity index (χ0) is 24.3. The van der Waals surface area contributed by atoms with Gasteiger partial charge in [-0.15, -0.1) is 0 Å². The first-order chi connectivity index (χ1) is 16.2. The van der Waals surface area contributed by atoms with Gasteiger partial charge in [-0.1, -0.05) is 17.7 Å². The third kappa shape index (κ3) is 5.61. The summed E-state index contributed by atoms with van der Waals surface area (Å²) >= 11 is 6.07. The molecule has 0 aliphatic heterocycles. The molecule has 3 N–H and O–H groups in total. The van der Waals surface area contributed by atoms with Crippen LogP contribution in [0.25, 0.3) is 11.0 Å². The lowest BCUT2D eigenvalue weighted by Gasteiger charge is -2.22. The molecule has 34 heavy (non-hydrogen) atoms. The van der Waals surface area contributed by atoms with Crippen molar-refractivity contribution in [3.05, 3.63) is 46.4 Å². The van der Waals surface area contributed by atoms with Crippen molar-refractivity contribution in [2.75, 3.05) is 31.0 Å². The summed E-state index contributed by atoms with van der Waals surface area (Å²) in [5.41, 5.74) is 3.79. The van der Waals surface area contributed by atoms with Crippen molar-refractivity contribution in [2.24, 2.45) is 5.92 Å². The largest absolute Gasteiger partial charge is 0.496 e. The summed E-state index contributed by atoms with van der Waals surface area (Å²) in [5, 5.41) is 7.76. The standard InChI is InChI=1S/C23H28ClN5O4S/c1-33-19-11-16(24)6-4-15(19)12-26-21-20-17-10-14(23(30)25-8-3-9-34(2,31)32)5-7-18(17)29-22(20)28-13-27-21/h4,6,11,13-14H,3,5,7-10,12H2,1-2H3,(H,25,30)(H2,26,27,28,29)/t14-/m0/s1. The molecule has 0 radical (unpaired) electrons. The average molecular weight is 506 g/mol. The van der Waals surface area contributed by atoms with E-state index >= 15 is 0 Å². The van der Waals surface area contributed by atoms with Crippen molar-refractivity contribution < 1.29 is 17.9 Å². The number of hydrogen-bond donors (Lipinski definition) is 3. The fourth-order valence-electron chi connectivity index (χ4n) is 4.33. The van der Waals surface area contributed by atoms with Crippen LogP contribution in [0.5, 0.6) is 5.75 Å². The second-order valence-electron chi connectivity index (χ2n) is 8.55. The van der Waals surface area contributed by atoms with Crippen LogP contribution in [0.1, 0.15) is 29.7 Å². The van der Waals surface area contributed by atoms with Crippen LogP contribution in [-0.4, -0.2) is 54.9 Å². The van der Waals surface area contributed by atoms with Gasteiger partial charge in [-0.2, -0.15) is 0 Å². The highest BCUT2D eigenvalue weighted by molar-refractivity contribution is 7.90. The zero-order valence-corrected chi connectivity index (χ0v) is 20.7. The van der Waals surface area contributed by atoms with Gasteiger partial charge in [0.2, 0.25) is 5.91 Å². The SMILES string of the molecule is COc1cc(Cl)ccc1CNc1ncnc2[nH]c3c(c12)C[C@@H](C(=O)NCCCS(C)(=O)=O)CC3. The number of aryl methyl sites for hydroxylation is 1. The molecule has 11 heteroatoms. The van der Waals surface area contributed by atoms with Gasteiger partial charge in [0, 0.05) is 41.5 Å². The summed E-state index contributed by atoms with van der Waals surface area (Å²) in [7, 11) is -1.43. The van der Waals surface area contributed by atoms with Gasteiger partial charge < -0.3 is 20.4 Å². The summed E-state index contributed by atoms with van der Waals surface area (Å²) in [5.74, 6) is 1.21. The molecule has 2 aromatic heterocycles. The lowest BCUT2D eigenvalue weighted by atomic mass is 9.86. The van der Waals surface area contributed by atoms with Gasteiger partial charge in [-0.25, -0.2) is 18.4 Å². The summed E-state index contributed by atoms with van der Waals surface area (Å²) in [6, 6.07) is 5.49. The normalized spacial score (nSPS) is 15.7. The van der Waals surface area contributed by atoms with E-state index in [9.17, 15) is 13.2 Å². The van der Waals surface area contributed by atoms with Crippen LogP contribution < -0.4 is 15.4 Å². The number of carbonyl (C=O) groups is 1. The average Bonchev–Trinajstić information content (AvgIpc) is 3.18. The first-order valence-corrected chi connectivity index (χ1v) is 13.5. The Balaban J connectivity index is 1.49. The third-order valence-electron chi connectivity index (χ3n) is 6.03. The van der Waals surface area contributed by atoms with Gasteiger partial charge in [0.15, 0.2) is 0 Å². The number of aromatic amines is 1. The van der Waals surface area contributed by atoms with E-state index in [0.717, 1.165) is 40.7 Å². The maximum atomic E-state index is 12.7. The van der Waals surface area contributed by atoms with Crippen LogP contribution in [0.2, 0.25) is 5.02 Å². The second-order valence-corrected chi connectivity index (χ2v) is 11.2. The van der Waals surface area contributed by atoms with E-state index in [2.05, 4.69) is 25.6 Å². The topological polar surface area (TPSA) is 126 Å². The Morgan fingerprint density at radius 1 is 1.32 bits per heavy atom. The minimum atomic E-state index is -3.03. The van der Waals surface area contributed by atoms with Crippen LogP contribution in [0, 0.1) is 5.92 Å². The Bertz CT molecular complexity index is 1310. The van der Waals surface area contributed by atoms with Crippen LogP contribution in [0.3, 0.4) is 0 Å². The molecule has 0 bridgehead atoms. The van der Waals surface area contributed by atoms with Crippen molar-refractivity contribution in [1.82, 2.24) is 20.3 Å². The van der Waals surface area contributed by atoms with E-state index < -0.39 is 9.84 Å². The molecule has 0 saturated carbocycles. The number of amides is 1. The van der Waals surface area contributed by atoms with E-state index in [0.29, 0.717) is 42.5 Å². The number of benzene rings is 1. The third-order valence-corrected chi connectivity index (χ3v) is 7.30. The number of nitrogens with zero attached hydrogens (tertiary/aromatic N) is 2. The Morgan fingerprint density at radius 3 is 2.91 bits per heavy atom. The van der Waals surface area contributed by atoms with Gasteiger partial charge in [0.1, 0.15) is 33.4 Å². The Labute approximate surface area is 203 Å². The monoisotopic (exact) mass is 505 g/mol. The molecule has 1 aromatic carbocycles. The number of ether oxygens (including phenoxy) is 1. The fourth-order valence-corrected chi connectivity index (χ4v) is 5.16. The second kappa shape index (κ2) is 10.2. The van der Waals surface area contributed by atoms with E-state index in [4.69, 9.17) is 16.3 Å². The molecule has 0 fully saturated rings. The molecule has 3 aromatic rings. The van der Waals surface area contributed by atoms with E-state index in [1.165, 1.54) is 12.6 Å². The number of hydrogen-bond acceptors (Lipinski definition) is 7. The van der Waals surface area contributed by atoms with Crippen LogP contribution in [0.4, 0.5) is 5.82 Å². The summed E-state index contributed by atoms with van der Waals surface area (Å²) < 4.78 is 28.0. The molecular weight excluding hydrogens is 478 g/mol. The quantitative estimate of drug-likeness (QED) is 0.382. The first kappa shape index (κ1) is 24.3. The van der Waals surface area contributed by atoms with Crippen LogP contribution in [0.15, 0.2) is 24.5 Å². The molecule has 0 spiro atoms. The highest BCUT2D eigenvalue weighted by Crippen LogP contribution is 2.34. The van der Waals surface area contributed by atoms with Crippen LogP contribution >= 0.6 is 11.6 Å². The highest BCUT2D eigenvalue weighted by atomic mass is 35.5. The smallest absolute Gasteiger partial charge is 0.223 e. The maximum Gasteiger partial charge on any atom is 0.223 e. The van der Waals surface area contributed by atoms with Gasteiger partial charge in [-0.3, -0.25) is 4.79 Å². The molecule has 0 unspecified atom stereocenters. The Morgan fingerprint density at radius 2 is 2.15 bits per heavy atom. The number of H-pyrrole nitrogens is 1. The first-order valence-electron chi connectivity index (χ1n) is 11.1. The van der Waals surface area contributed by atoms with E-state index in [-0.39, 0.29) is 17.6 Å². The Hall–Kier alpha value is -2.85. The number of sulfone groups is 1. The van der Waals surface area contributed by atoms with Crippen molar-refractivity contribution in [3.8, 4) is 5.75 Å². The molecule has 1 atom stereocenters. The van der Waals surface area contributed by atoms with Crippen molar-refractivity contribution in [1.29, 1.82) is 0 Å². The number of anilines is 1. The molecule has 1 aliphatic rings. The summed E-state index contributed by atoms with van der Waals surface area (Å²) in [6.07, 6.45) is 5.14. The lowest BCUT2D eigenvalue weighted by Crippen LogP contribution is -2.35. The molecule has 1 amide bonds. The molecule has 182 valence electrons. The number of rotatable bonds is 9. The van der Waals surface area contributed by atoms with Crippen LogP contribution in [-0.2, 0) is 34.0 Å². The minimum absolute atomic E-state index is 0.0502. The van der Waals surface area contributed by atoms with Gasteiger partial charge in [0.25, 0.3) is 0 Å². The number of fused-ring (bicyclic) bond motifs is 3. The molecule has 4 rings (SSSR count). The molecule has 0 saturated heterocycles. The minimum Gasteiger partial charge on any atom is -0.496 e. The van der Waals surface area contributed by atoms with E-state index in [1.807, 2.05) is 12.1 Å². The number of nitrogens with one attached hydrogen (secondary N) is 3. The van der Waals surface area contributed by atoms with Gasteiger partial charge in [-0.05, 0) is 43.4 Å². The molecule has 1 aliphatic carbocycles. The predicted octanol–water partition coefficient (Wildman–Crippen LogP) is 2.89. The van der Waals surface area contributed by atoms with Crippen molar-refractivity contribution in [3.63, 3.8) is 0 Å². The summed E-state index contributed by atoms with van der Waals surface area (Å²) in [6.45, 7) is 0.832. The molecule has 2 heterocycles.